The average Bonchev–Trinajstić information content (AvgIpc) is 2.74. The van der Waals surface area contributed by atoms with E-state index in [4.69, 9.17) is 14.6 Å². The lowest BCUT2D eigenvalue weighted by Gasteiger charge is -2.19. The van der Waals surface area contributed by atoms with Crippen molar-refractivity contribution in [3.63, 3.8) is 0 Å². The molecule has 1 heterocycles. The van der Waals surface area contributed by atoms with Gasteiger partial charge in [0.25, 0.3) is 0 Å². The van der Waals surface area contributed by atoms with E-state index in [0.29, 0.717) is 17.0 Å². The molecule has 0 aliphatic rings. The predicted octanol–water partition coefficient (Wildman–Crippen LogP) is 2.44. The molecule has 0 spiro atoms. The third-order valence-corrected chi connectivity index (χ3v) is 3.22. The molecule has 114 valence electrons. The lowest BCUT2D eigenvalue weighted by molar-refractivity contribution is -0.137. The summed E-state index contributed by atoms with van der Waals surface area (Å²) in [7, 11) is 3.11. The zero-order valence-electron chi connectivity index (χ0n) is 12.9. The standard InChI is InChI=1S/C15H20N2O4/c1-15(2,3)14-16-9-6-11(20-4)12(21-5)7-10(9)17(14)8-13(18)19/h6-7H,8H2,1-5H3,(H,18,19). The number of aromatic nitrogens is 2. The summed E-state index contributed by atoms with van der Waals surface area (Å²) in [6, 6.07) is 3.53. The van der Waals surface area contributed by atoms with Crippen molar-refractivity contribution in [2.24, 2.45) is 0 Å². The molecule has 2 aromatic rings. The monoisotopic (exact) mass is 292 g/mol. The van der Waals surface area contributed by atoms with Gasteiger partial charge in [0, 0.05) is 17.5 Å². The summed E-state index contributed by atoms with van der Waals surface area (Å²) in [6.07, 6.45) is 0. The van der Waals surface area contributed by atoms with Crippen molar-refractivity contribution in [3.05, 3.63) is 18.0 Å². The van der Waals surface area contributed by atoms with Gasteiger partial charge in [0.15, 0.2) is 11.5 Å². The normalized spacial score (nSPS) is 11.7. The Morgan fingerprint density at radius 1 is 1.24 bits per heavy atom. The number of imidazole rings is 1. The van der Waals surface area contributed by atoms with Crippen molar-refractivity contribution in [1.29, 1.82) is 0 Å². The van der Waals surface area contributed by atoms with Gasteiger partial charge in [-0.2, -0.15) is 0 Å². The Kier molecular flexibility index (Phi) is 3.80. The number of carbonyl (C=O) groups is 1. The Hall–Kier alpha value is -2.24. The van der Waals surface area contributed by atoms with E-state index in [2.05, 4.69) is 4.98 Å². The first-order valence-electron chi connectivity index (χ1n) is 6.62. The smallest absolute Gasteiger partial charge is 0.323 e. The Morgan fingerprint density at radius 2 is 1.81 bits per heavy atom. The van der Waals surface area contributed by atoms with Crippen LogP contribution in [-0.2, 0) is 16.8 Å². The molecule has 0 aliphatic heterocycles. The van der Waals surface area contributed by atoms with Crippen molar-refractivity contribution in [2.75, 3.05) is 14.2 Å². The summed E-state index contributed by atoms with van der Waals surface area (Å²) in [5.74, 6) is 0.937. The Bertz CT molecular complexity index is 683. The zero-order valence-corrected chi connectivity index (χ0v) is 12.9. The number of hydrogen-bond donors (Lipinski definition) is 1. The highest BCUT2D eigenvalue weighted by molar-refractivity contribution is 5.82. The highest BCUT2D eigenvalue weighted by Gasteiger charge is 2.25. The van der Waals surface area contributed by atoms with Crippen LogP contribution in [0.4, 0.5) is 0 Å². The first kappa shape index (κ1) is 15.2. The maximum absolute atomic E-state index is 11.2. The number of fused-ring (bicyclic) bond motifs is 1. The third kappa shape index (κ3) is 2.79. The minimum atomic E-state index is -0.908. The van der Waals surface area contributed by atoms with E-state index in [-0.39, 0.29) is 12.0 Å². The van der Waals surface area contributed by atoms with Gasteiger partial charge in [-0.25, -0.2) is 4.98 Å². The third-order valence-electron chi connectivity index (χ3n) is 3.22. The number of carboxylic acids is 1. The number of nitrogens with zero attached hydrogens (tertiary/aromatic N) is 2. The van der Waals surface area contributed by atoms with Gasteiger partial charge < -0.3 is 19.1 Å². The summed E-state index contributed by atoms with van der Waals surface area (Å²) in [4.78, 5) is 15.7. The SMILES string of the molecule is COc1cc2nc(C(C)(C)C)n(CC(=O)O)c2cc1OC. The lowest BCUT2D eigenvalue weighted by Crippen LogP contribution is -2.21. The van der Waals surface area contributed by atoms with Crippen LogP contribution in [-0.4, -0.2) is 34.8 Å². The lowest BCUT2D eigenvalue weighted by atomic mass is 9.95. The molecule has 0 amide bonds. The van der Waals surface area contributed by atoms with Crippen molar-refractivity contribution in [3.8, 4) is 11.5 Å². The number of ether oxygens (including phenoxy) is 2. The van der Waals surface area contributed by atoms with Crippen LogP contribution in [0.25, 0.3) is 11.0 Å². The van der Waals surface area contributed by atoms with Crippen molar-refractivity contribution in [1.82, 2.24) is 9.55 Å². The highest BCUT2D eigenvalue weighted by Crippen LogP contribution is 2.34. The number of carboxylic acid groups (broad SMARTS) is 1. The van der Waals surface area contributed by atoms with Gasteiger partial charge in [0.05, 0.1) is 25.3 Å². The molecule has 0 aliphatic carbocycles. The van der Waals surface area contributed by atoms with Crippen LogP contribution in [0.2, 0.25) is 0 Å². The number of methoxy groups -OCH3 is 2. The second-order valence-electron chi connectivity index (χ2n) is 5.86. The van der Waals surface area contributed by atoms with Crippen molar-refractivity contribution < 1.29 is 19.4 Å². The fourth-order valence-electron chi connectivity index (χ4n) is 2.32. The van der Waals surface area contributed by atoms with E-state index < -0.39 is 5.97 Å². The van der Waals surface area contributed by atoms with Crippen molar-refractivity contribution in [2.45, 2.75) is 32.7 Å². The van der Waals surface area contributed by atoms with E-state index in [0.717, 1.165) is 11.3 Å². The maximum atomic E-state index is 11.2. The van der Waals surface area contributed by atoms with Gasteiger partial charge in [-0.15, -0.1) is 0 Å². The molecule has 0 atom stereocenters. The van der Waals surface area contributed by atoms with Gasteiger partial charge in [0.1, 0.15) is 12.4 Å². The number of aliphatic carboxylic acids is 1. The van der Waals surface area contributed by atoms with Crippen LogP contribution in [0.1, 0.15) is 26.6 Å². The minimum Gasteiger partial charge on any atom is -0.493 e. The molecular formula is C15H20N2O4. The largest absolute Gasteiger partial charge is 0.493 e. The predicted molar refractivity (Wildman–Crippen MR) is 79.2 cm³/mol. The fourth-order valence-corrected chi connectivity index (χ4v) is 2.32. The van der Waals surface area contributed by atoms with E-state index in [1.165, 1.54) is 0 Å². The molecule has 6 nitrogen and oxygen atoms in total. The molecular weight excluding hydrogens is 272 g/mol. The molecule has 2 rings (SSSR count). The van der Waals surface area contributed by atoms with Gasteiger partial charge >= 0.3 is 5.97 Å². The number of benzene rings is 1. The van der Waals surface area contributed by atoms with Crippen LogP contribution in [0, 0.1) is 0 Å². The van der Waals surface area contributed by atoms with Crippen molar-refractivity contribution >= 4 is 17.0 Å². The molecule has 1 aromatic carbocycles. The molecule has 0 bridgehead atoms. The van der Waals surface area contributed by atoms with Crippen LogP contribution >= 0.6 is 0 Å². The molecule has 0 fully saturated rings. The molecule has 1 aromatic heterocycles. The van der Waals surface area contributed by atoms with Gasteiger partial charge in [0.2, 0.25) is 0 Å². The van der Waals surface area contributed by atoms with Gasteiger partial charge in [-0.3, -0.25) is 4.79 Å². The molecule has 1 N–H and O–H groups in total. The Balaban J connectivity index is 2.77. The van der Waals surface area contributed by atoms with E-state index in [9.17, 15) is 4.79 Å². The summed E-state index contributed by atoms with van der Waals surface area (Å²) in [5.41, 5.74) is 1.15. The molecule has 0 saturated carbocycles. The minimum absolute atomic E-state index is 0.140. The number of hydrogen-bond acceptors (Lipinski definition) is 4. The summed E-state index contributed by atoms with van der Waals surface area (Å²) in [6.45, 7) is 5.86. The second-order valence-corrected chi connectivity index (χ2v) is 5.86. The fraction of sp³-hybridized carbons (Fsp3) is 0.467. The highest BCUT2D eigenvalue weighted by atomic mass is 16.5. The summed E-state index contributed by atoms with van der Waals surface area (Å²) in [5, 5.41) is 9.16. The Morgan fingerprint density at radius 3 is 2.29 bits per heavy atom. The number of rotatable bonds is 4. The quantitative estimate of drug-likeness (QED) is 0.937. The van der Waals surface area contributed by atoms with Crippen LogP contribution in [0.3, 0.4) is 0 Å². The van der Waals surface area contributed by atoms with Crippen LogP contribution < -0.4 is 9.47 Å². The van der Waals surface area contributed by atoms with E-state index >= 15 is 0 Å². The van der Waals surface area contributed by atoms with Gasteiger partial charge in [-0.05, 0) is 0 Å². The van der Waals surface area contributed by atoms with Gasteiger partial charge in [-0.1, -0.05) is 20.8 Å². The van der Waals surface area contributed by atoms with Crippen LogP contribution in [0.15, 0.2) is 12.1 Å². The molecule has 0 saturated heterocycles. The maximum Gasteiger partial charge on any atom is 0.323 e. The first-order valence-corrected chi connectivity index (χ1v) is 6.62. The summed E-state index contributed by atoms with van der Waals surface area (Å²) >= 11 is 0. The van der Waals surface area contributed by atoms with Crippen LogP contribution in [0.5, 0.6) is 11.5 Å². The molecule has 0 unspecified atom stereocenters. The van der Waals surface area contributed by atoms with E-state index in [1.54, 1.807) is 30.9 Å². The second kappa shape index (κ2) is 5.27. The Labute approximate surface area is 123 Å². The molecule has 0 radical (unpaired) electrons. The van der Waals surface area contributed by atoms with E-state index in [1.807, 2.05) is 20.8 Å². The topological polar surface area (TPSA) is 73.6 Å². The average molecular weight is 292 g/mol. The summed E-state index contributed by atoms with van der Waals surface area (Å²) < 4.78 is 12.3. The molecule has 6 heteroatoms. The molecule has 21 heavy (non-hydrogen) atoms. The first-order chi connectivity index (χ1) is 9.77. The zero-order chi connectivity index (χ0) is 15.8.